The van der Waals surface area contributed by atoms with E-state index in [0.717, 1.165) is 51.5 Å². The van der Waals surface area contributed by atoms with Gasteiger partial charge in [0.15, 0.2) is 5.78 Å². The monoisotopic (exact) mass is 1450 g/mol. The van der Waals surface area contributed by atoms with E-state index in [4.69, 9.17) is 5.11 Å². The third-order valence-electron chi connectivity index (χ3n) is 9.90. The van der Waals surface area contributed by atoms with Gasteiger partial charge in [0.05, 0.1) is 63.6 Å². The number of fused-ring (bicyclic) bond motifs is 1. The Morgan fingerprint density at radius 1 is 0.451 bits per heavy atom. The van der Waals surface area contributed by atoms with Crippen molar-refractivity contribution in [1.82, 2.24) is 41.5 Å². The van der Waals surface area contributed by atoms with Crippen LogP contribution in [-0.4, -0.2) is 153 Å². The first-order valence-electron chi connectivity index (χ1n) is 20.9. The number of rotatable bonds is 32. The average Bonchev–Trinajstić information content (AvgIpc) is 3.68. The van der Waals surface area contributed by atoms with Crippen molar-refractivity contribution in [1.29, 1.82) is 0 Å². The molecule has 0 radical (unpaired) electrons. The minimum absolute atomic E-state index is 0.143. The lowest BCUT2D eigenvalue weighted by molar-refractivity contribution is -0.145. The number of aliphatic carboxylic acids is 6. The summed E-state index contributed by atoms with van der Waals surface area (Å²) in [7, 11) is 0. The highest BCUT2D eigenvalue weighted by Crippen LogP contribution is 2.34. The molecule has 2 rings (SSSR count). The van der Waals surface area contributed by atoms with E-state index in [0.29, 0.717) is 19.4 Å². The number of Topliss-reactive ketones (excluding diaryl/α,β-unsaturated/α-hetero) is 1. The molecule has 1 heterocycles. The Labute approximate surface area is 456 Å². The van der Waals surface area contributed by atoms with Gasteiger partial charge in [-0.25, -0.2) is 4.98 Å². The number of hydrogen-bond donors (Lipinski definition) is 12. The maximum atomic E-state index is 13.4. The molecule has 31 heteroatoms. The van der Waals surface area contributed by atoms with Gasteiger partial charge in [0.1, 0.15) is 35.7 Å². The van der Waals surface area contributed by atoms with Crippen LogP contribution in [-0.2, 0) is 68.9 Å². The number of aryl methyl sites for hydroxylation is 1. The van der Waals surface area contributed by atoms with E-state index in [1.165, 1.54) is 0 Å². The number of ketones is 1. The lowest BCUT2D eigenvalue weighted by Gasteiger charge is -2.26. The Kier molecular flexibility index (Phi) is 26.3. The topological polar surface area (TPSA) is 433 Å². The Balaban J connectivity index is 2.14. The number of amides is 6. The molecular weight excluding hydrogens is 1400 g/mol. The molecule has 1 aromatic carbocycles. The predicted molar refractivity (Wildman–Crippen MR) is 274 cm³/mol. The molecule has 0 spiro atoms. The number of carboxylic acid groups (broad SMARTS) is 6. The maximum absolute atomic E-state index is 13.4. The van der Waals surface area contributed by atoms with Crippen LogP contribution in [0.1, 0.15) is 84.0 Å². The van der Waals surface area contributed by atoms with Crippen molar-refractivity contribution in [2.24, 2.45) is 0 Å². The summed E-state index contributed by atoms with van der Waals surface area (Å²) in [5.74, 6) is -19.4. The number of imidazole rings is 1. The number of carbonyl (C=O) groups excluding carboxylic acids is 7. The van der Waals surface area contributed by atoms with Crippen molar-refractivity contribution in [2.45, 2.75) is 127 Å². The van der Waals surface area contributed by atoms with Crippen molar-refractivity contribution in [3.05, 3.63) is 20.6 Å². The van der Waals surface area contributed by atoms with Crippen LogP contribution in [0.25, 0.3) is 11.0 Å². The number of aromatic nitrogens is 2. The first kappa shape index (κ1) is 62.0. The van der Waals surface area contributed by atoms with Gasteiger partial charge in [-0.2, -0.15) is 0 Å². The van der Waals surface area contributed by atoms with Crippen molar-refractivity contribution < 1.29 is 93.0 Å². The van der Waals surface area contributed by atoms with Crippen molar-refractivity contribution in [2.75, 3.05) is 0 Å². The quantitative estimate of drug-likeness (QED) is 0.0201. The number of nitrogens with one attached hydrogen (secondary N) is 6. The fourth-order valence-corrected chi connectivity index (χ4v) is 10.0. The molecule has 390 valence electrons. The largest absolute Gasteiger partial charge is 0.481 e. The summed E-state index contributed by atoms with van der Waals surface area (Å²) >= 11 is 9.19. The maximum Gasteiger partial charge on any atom is 0.305 e. The van der Waals surface area contributed by atoms with Crippen LogP contribution in [0, 0.1) is 14.3 Å². The van der Waals surface area contributed by atoms with Crippen LogP contribution in [0.3, 0.4) is 0 Å². The first-order chi connectivity index (χ1) is 33.1. The molecule has 6 atom stereocenters. The lowest BCUT2D eigenvalue weighted by Crippen LogP contribution is -2.60. The summed E-state index contributed by atoms with van der Waals surface area (Å²) in [6, 6.07) is -12.4. The second kappa shape index (κ2) is 30.1. The fourth-order valence-electron chi connectivity index (χ4n) is 6.46. The van der Waals surface area contributed by atoms with E-state index in [2.05, 4.69) is 105 Å². The summed E-state index contributed by atoms with van der Waals surface area (Å²) in [5, 5.41) is 68.1. The van der Waals surface area contributed by atoms with Crippen LogP contribution < -0.4 is 31.9 Å². The Hall–Kier alpha value is -5.08. The van der Waals surface area contributed by atoms with Gasteiger partial charge < -0.3 is 67.1 Å². The summed E-state index contributed by atoms with van der Waals surface area (Å²) in [6.07, 6.45) is -2.18. The molecule has 71 heavy (non-hydrogen) atoms. The van der Waals surface area contributed by atoms with E-state index in [1.807, 2.05) is 26.6 Å². The highest BCUT2D eigenvalue weighted by atomic mass is 127. The molecule has 12 N–H and O–H groups in total. The number of unbranched alkanes of at least 4 members (excludes halogenated alkanes) is 4. The van der Waals surface area contributed by atoms with Gasteiger partial charge in [-0.05, 0) is 110 Å². The van der Waals surface area contributed by atoms with Gasteiger partial charge in [0, 0.05) is 20.1 Å². The summed E-state index contributed by atoms with van der Waals surface area (Å²) in [5.41, 5.74) is 1.97. The number of hydrogen-bond acceptors (Lipinski definition) is 14. The van der Waals surface area contributed by atoms with Gasteiger partial charge >= 0.3 is 35.8 Å². The van der Waals surface area contributed by atoms with E-state index >= 15 is 0 Å². The Morgan fingerprint density at radius 3 is 1.13 bits per heavy atom. The zero-order valence-electron chi connectivity index (χ0n) is 37.1. The molecule has 0 aliphatic heterocycles. The van der Waals surface area contributed by atoms with E-state index in [-0.39, 0.29) is 6.42 Å². The molecular formula is C40H48I4N8O19. The summed E-state index contributed by atoms with van der Waals surface area (Å²) < 4.78 is 6.55. The van der Waals surface area contributed by atoms with E-state index < -0.39 is 152 Å². The molecule has 0 fully saturated rings. The summed E-state index contributed by atoms with van der Waals surface area (Å²) in [6.45, 7) is 1.61. The standard InChI is InChI=1S/C40H48I4N8O19/c1-16(53)17(9-24(55)56)47-37(68)19(11-26(59)60)49-39(70)21(13-28(63)64)51-40(71)22(14-29(65)66)50-38(69)20(12-27(61)62)48-36(67)18(10-25(57)58)46-23(54)7-5-3-2-4-6-8-52-15-45-34-32(43)30(41)31(42)33(44)35(34)52/h15,17-22H,2-14H2,1H3,(H,46,54)(H,47,68)(H,48,67)(H,49,70)(H,50,69)(H,51,71)(H,55,56)(H,57,58)(H,59,60)(H,61,62)(H,63,64)(H,65,66)/t17-,18+,19-,20-,21-,22-/m0/s1. The number of benzene rings is 1. The molecule has 0 saturated carbocycles. The number of carboxylic acids is 6. The normalized spacial score (nSPS) is 13.5. The average molecular weight is 1450 g/mol. The highest BCUT2D eigenvalue weighted by Gasteiger charge is 2.36. The van der Waals surface area contributed by atoms with Gasteiger partial charge in [-0.3, -0.25) is 62.3 Å². The van der Waals surface area contributed by atoms with Crippen molar-refractivity contribution in [3.63, 3.8) is 0 Å². The minimum Gasteiger partial charge on any atom is -0.481 e. The molecule has 0 bridgehead atoms. The second-order valence-electron chi connectivity index (χ2n) is 15.5. The van der Waals surface area contributed by atoms with Crippen molar-refractivity contribution in [3.8, 4) is 0 Å². The fraction of sp³-hybridized carbons (Fsp3) is 0.500. The van der Waals surface area contributed by atoms with Crippen LogP contribution in [0.15, 0.2) is 6.33 Å². The number of nitrogens with zero attached hydrogens (tertiary/aromatic N) is 2. The Morgan fingerprint density at radius 2 is 0.761 bits per heavy atom. The first-order valence-corrected chi connectivity index (χ1v) is 25.2. The molecule has 1 aromatic heterocycles. The lowest BCUT2D eigenvalue weighted by atomic mass is 10.1. The third-order valence-corrected chi connectivity index (χ3v) is 17.3. The van der Waals surface area contributed by atoms with Gasteiger partial charge in [-0.15, -0.1) is 0 Å². The van der Waals surface area contributed by atoms with Gasteiger partial charge in [-0.1, -0.05) is 19.3 Å². The van der Waals surface area contributed by atoms with Gasteiger partial charge in [0.2, 0.25) is 35.4 Å². The van der Waals surface area contributed by atoms with E-state index in [1.54, 1.807) is 6.33 Å². The van der Waals surface area contributed by atoms with Crippen LogP contribution in [0.4, 0.5) is 0 Å². The summed E-state index contributed by atoms with van der Waals surface area (Å²) in [4.78, 5) is 165. The zero-order valence-corrected chi connectivity index (χ0v) is 45.8. The molecule has 0 aliphatic carbocycles. The smallest absolute Gasteiger partial charge is 0.305 e. The molecule has 6 amide bonds. The molecule has 0 aliphatic rings. The number of halogens is 4. The van der Waals surface area contributed by atoms with Crippen molar-refractivity contribution >= 4 is 178 Å². The van der Waals surface area contributed by atoms with Crippen LogP contribution in [0.2, 0.25) is 0 Å². The predicted octanol–water partition coefficient (Wildman–Crippen LogP) is 0.141. The Bertz CT molecular complexity index is 2420. The number of carbonyl (C=O) groups is 13. The second-order valence-corrected chi connectivity index (χ2v) is 19.8. The minimum atomic E-state index is -2.27. The molecule has 27 nitrogen and oxygen atoms in total. The molecule has 0 saturated heterocycles. The van der Waals surface area contributed by atoms with E-state index in [9.17, 15) is 87.9 Å². The highest BCUT2D eigenvalue weighted by molar-refractivity contribution is 14.1. The zero-order chi connectivity index (χ0) is 53.9. The molecule has 0 unspecified atom stereocenters. The van der Waals surface area contributed by atoms with Crippen LogP contribution >= 0.6 is 90.4 Å². The third kappa shape index (κ3) is 21.3. The van der Waals surface area contributed by atoms with Crippen LogP contribution in [0.5, 0.6) is 0 Å². The molecule has 2 aromatic rings. The van der Waals surface area contributed by atoms with Gasteiger partial charge in [0.25, 0.3) is 0 Å². The SMILES string of the molecule is CC(=O)[C@H](CC(=O)O)NC(=O)[C@H](CC(=O)O)NC(=O)[C@H](CC(=O)O)NC(=O)[C@H](CC(=O)O)NC(=O)[C@H](CC(=O)O)NC(=O)[C@@H](CC(=O)O)NC(=O)CCCCCCCn1cnc2c(I)c(I)c(I)c(I)c21.